The van der Waals surface area contributed by atoms with Crippen LogP contribution in [0.2, 0.25) is 0 Å². The Kier molecular flexibility index (Phi) is 13.0. The first-order valence-corrected chi connectivity index (χ1v) is 17.3. The molecule has 0 unspecified atom stereocenters. The van der Waals surface area contributed by atoms with Gasteiger partial charge < -0.3 is 25.5 Å². The van der Waals surface area contributed by atoms with Crippen LogP contribution in [0.25, 0.3) is 11.5 Å². The third kappa shape index (κ3) is 11.3. The lowest BCUT2D eigenvalue weighted by atomic mass is 9.96. The Morgan fingerprint density at radius 2 is 1.55 bits per heavy atom. The van der Waals surface area contributed by atoms with Gasteiger partial charge in [-0.15, -0.1) is 10.2 Å². The van der Waals surface area contributed by atoms with E-state index in [1.54, 1.807) is 49.4 Å². The highest BCUT2D eigenvalue weighted by molar-refractivity contribution is 7.89. The van der Waals surface area contributed by atoms with Crippen molar-refractivity contribution in [3.8, 4) is 11.5 Å². The Labute approximate surface area is 286 Å². The highest BCUT2D eigenvalue weighted by Crippen LogP contribution is 2.20. The molecule has 3 rings (SSSR count). The van der Waals surface area contributed by atoms with Crippen molar-refractivity contribution in [1.29, 1.82) is 0 Å². The molecule has 3 aromatic rings. The second kappa shape index (κ2) is 16.3. The molecule has 0 radical (unpaired) electrons. The quantitative estimate of drug-likeness (QED) is 0.138. The highest BCUT2D eigenvalue weighted by Gasteiger charge is 2.40. The number of aliphatic hydroxyl groups is 1. The van der Waals surface area contributed by atoms with E-state index in [0.29, 0.717) is 5.56 Å². The molecule has 0 saturated carbocycles. The predicted molar refractivity (Wildman–Crippen MR) is 181 cm³/mol. The number of ketones is 1. The number of nitrogens with one attached hydrogen (secondary N) is 4. The standard InChI is InChI=1S/C34H46N6O8S/c1-21(2)17-25(28(43)31-39-38-30(48-31)23-11-9-8-10-12-23)36-32(45)34(7,20-41)37-29(44)26(18-27(42)35-19-33(4,5)6)40-49(46,47)24-15-13-22(3)14-16-24/h8-16,21,25-26,40-41H,17-20H2,1-7H3,(H,35,42)(H,36,45)(H,37,44)/t25-,26-,34+/m0/s1. The minimum absolute atomic E-state index is 0.0899. The average Bonchev–Trinajstić information content (AvgIpc) is 3.53. The number of aryl methyl sites for hydroxylation is 1. The van der Waals surface area contributed by atoms with Crippen LogP contribution in [0.3, 0.4) is 0 Å². The maximum absolute atomic E-state index is 13.7. The third-order valence-electron chi connectivity index (χ3n) is 7.35. The average molecular weight is 699 g/mol. The predicted octanol–water partition coefficient (Wildman–Crippen LogP) is 2.53. The number of aromatic nitrogens is 2. The molecule has 5 N–H and O–H groups in total. The number of hydrogen-bond acceptors (Lipinski definition) is 10. The Hall–Kier alpha value is -4.47. The molecule has 14 nitrogen and oxygen atoms in total. The summed E-state index contributed by atoms with van der Waals surface area (Å²) in [6.45, 7) is 11.6. The summed E-state index contributed by atoms with van der Waals surface area (Å²) in [6.07, 6.45) is -0.457. The van der Waals surface area contributed by atoms with Gasteiger partial charge in [0.25, 0.3) is 5.89 Å². The molecular formula is C34H46N6O8S. The van der Waals surface area contributed by atoms with Crippen molar-refractivity contribution in [2.75, 3.05) is 13.2 Å². The molecule has 0 fully saturated rings. The molecule has 49 heavy (non-hydrogen) atoms. The van der Waals surface area contributed by atoms with Gasteiger partial charge in [0.1, 0.15) is 11.6 Å². The second-order valence-electron chi connectivity index (χ2n) is 13.8. The van der Waals surface area contributed by atoms with E-state index in [9.17, 15) is 32.7 Å². The van der Waals surface area contributed by atoms with Gasteiger partial charge in [0, 0.05) is 12.1 Å². The summed E-state index contributed by atoms with van der Waals surface area (Å²) in [5.41, 5.74) is -0.943. The monoisotopic (exact) mass is 698 g/mol. The third-order valence-corrected chi connectivity index (χ3v) is 8.84. The smallest absolute Gasteiger partial charge is 0.286 e. The van der Waals surface area contributed by atoms with Gasteiger partial charge in [0.15, 0.2) is 0 Å². The van der Waals surface area contributed by atoms with Crippen molar-refractivity contribution in [3.05, 3.63) is 66.1 Å². The summed E-state index contributed by atoms with van der Waals surface area (Å²) in [4.78, 5) is 53.6. The number of benzene rings is 2. The minimum Gasteiger partial charge on any atom is -0.414 e. The van der Waals surface area contributed by atoms with E-state index in [2.05, 4.69) is 30.9 Å². The maximum Gasteiger partial charge on any atom is 0.286 e. The largest absolute Gasteiger partial charge is 0.414 e. The molecule has 266 valence electrons. The van der Waals surface area contributed by atoms with Crippen LogP contribution in [0, 0.1) is 18.3 Å². The number of Topliss-reactive ketones (excluding diaryl/α,β-unsaturated/α-hetero) is 1. The molecule has 2 aromatic carbocycles. The van der Waals surface area contributed by atoms with Gasteiger partial charge in [-0.2, -0.15) is 4.72 Å². The molecule has 3 atom stereocenters. The van der Waals surface area contributed by atoms with Gasteiger partial charge in [-0.3, -0.25) is 19.2 Å². The minimum atomic E-state index is -4.31. The molecule has 0 bridgehead atoms. The Morgan fingerprint density at radius 3 is 2.12 bits per heavy atom. The summed E-state index contributed by atoms with van der Waals surface area (Å²) in [6, 6.07) is 11.8. The lowest BCUT2D eigenvalue weighted by Gasteiger charge is -2.31. The summed E-state index contributed by atoms with van der Waals surface area (Å²) in [5.74, 6) is -3.61. The van der Waals surface area contributed by atoms with Gasteiger partial charge in [0.2, 0.25) is 39.4 Å². The first kappa shape index (κ1) is 39.0. The van der Waals surface area contributed by atoms with E-state index in [1.807, 2.05) is 34.6 Å². The number of amides is 3. The summed E-state index contributed by atoms with van der Waals surface area (Å²) < 4.78 is 34.4. The van der Waals surface area contributed by atoms with E-state index in [-0.39, 0.29) is 41.0 Å². The van der Waals surface area contributed by atoms with Crippen LogP contribution in [0.5, 0.6) is 0 Å². The summed E-state index contributed by atoms with van der Waals surface area (Å²) in [7, 11) is -4.31. The van der Waals surface area contributed by atoms with E-state index < -0.39 is 64.2 Å². The molecule has 0 spiro atoms. The fourth-order valence-corrected chi connectivity index (χ4v) is 5.69. The fourth-order valence-electron chi connectivity index (χ4n) is 4.50. The van der Waals surface area contributed by atoms with Crippen LogP contribution in [0.1, 0.15) is 70.6 Å². The molecule has 0 aliphatic rings. The number of rotatable bonds is 16. The normalized spacial score (nSPS) is 14.4. The first-order chi connectivity index (χ1) is 22.8. The number of carbonyl (C=O) groups excluding carboxylic acids is 4. The van der Waals surface area contributed by atoms with Crippen molar-refractivity contribution in [1.82, 2.24) is 30.9 Å². The van der Waals surface area contributed by atoms with Crippen molar-refractivity contribution in [2.45, 2.75) is 83.8 Å². The van der Waals surface area contributed by atoms with E-state index in [4.69, 9.17) is 4.42 Å². The Bertz CT molecular complexity index is 1720. The molecule has 3 amide bonds. The van der Waals surface area contributed by atoms with E-state index in [1.165, 1.54) is 19.1 Å². The zero-order chi connectivity index (χ0) is 36.6. The number of carbonyl (C=O) groups is 4. The lowest BCUT2D eigenvalue weighted by molar-refractivity contribution is -0.136. The second-order valence-corrected chi connectivity index (χ2v) is 15.5. The zero-order valence-corrected chi connectivity index (χ0v) is 29.7. The number of sulfonamides is 1. The molecule has 1 aromatic heterocycles. The topological polar surface area (TPSA) is 210 Å². The van der Waals surface area contributed by atoms with Crippen molar-refractivity contribution < 1.29 is 37.1 Å². The van der Waals surface area contributed by atoms with Crippen molar-refractivity contribution >= 4 is 33.5 Å². The molecule has 0 saturated heterocycles. The Morgan fingerprint density at radius 1 is 0.918 bits per heavy atom. The zero-order valence-electron chi connectivity index (χ0n) is 28.9. The summed E-state index contributed by atoms with van der Waals surface area (Å²) in [5, 5.41) is 25.8. The number of nitrogens with zero attached hydrogens (tertiary/aromatic N) is 2. The van der Waals surface area contributed by atoms with Crippen molar-refractivity contribution in [3.63, 3.8) is 0 Å². The van der Waals surface area contributed by atoms with Crippen LogP contribution in [0.15, 0.2) is 63.9 Å². The van der Waals surface area contributed by atoms with Crippen LogP contribution < -0.4 is 20.7 Å². The van der Waals surface area contributed by atoms with E-state index >= 15 is 0 Å². The maximum atomic E-state index is 13.7. The van der Waals surface area contributed by atoms with Gasteiger partial charge in [0.05, 0.1) is 24.0 Å². The fraction of sp³-hybridized carbons (Fsp3) is 0.471. The van der Waals surface area contributed by atoms with Crippen LogP contribution in [0.4, 0.5) is 0 Å². The highest BCUT2D eigenvalue weighted by atomic mass is 32.2. The first-order valence-electron chi connectivity index (χ1n) is 15.9. The van der Waals surface area contributed by atoms with Gasteiger partial charge in [-0.25, -0.2) is 8.42 Å². The molecule has 0 aliphatic carbocycles. The van der Waals surface area contributed by atoms with Gasteiger partial charge >= 0.3 is 0 Å². The molecule has 15 heteroatoms. The van der Waals surface area contributed by atoms with Crippen LogP contribution in [-0.4, -0.2) is 78.0 Å². The van der Waals surface area contributed by atoms with Gasteiger partial charge in [-0.05, 0) is 55.9 Å². The number of aliphatic hydroxyl groups excluding tert-OH is 1. The van der Waals surface area contributed by atoms with Crippen LogP contribution >= 0.6 is 0 Å². The van der Waals surface area contributed by atoms with Crippen molar-refractivity contribution in [2.24, 2.45) is 11.3 Å². The number of hydrogen-bond donors (Lipinski definition) is 5. The van der Waals surface area contributed by atoms with E-state index in [0.717, 1.165) is 5.56 Å². The summed E-state index contributed by atoms with van der Waals surface area (Å²) >= 11 is 0. The molecule has 0 aliphatic heterocycles. The molecule has 1 heterocycles. The van der Waals surface area contributed by atoms with Crippen LogP contribution in [-0.2, 0) is 24.4 Å². The SMILES string of the molecule is Cc1ccc(S(=O)(=O)N[C@@H](CC(=O)NCC(C)(C)C)C(=O)N[C@](C)(CO)C(=O)N[C@@H](CC(C)C)C(=O)c2nnc(-c3ccccc3)o2)cc1. The lowest BCUT2D eigenvalue weighted by Crippen LogP contribution is -2.64. The molecular weight excluding hydrogens is 652 g/mol. The van der Waals surface area contributed by atoms with Gasteiger partial charge in [-0.1, -0.05) is 70.5 Å². The Balaban J connectivity index is 1.84.